The molecule has 0 bridgehead atoms. The highest BCUT2D eigenvalue weighted by Crippen LogP contribution is 2.44. The molecule has 0 saturated heterocycles. The lowest BCUT2D eigenvalue weighted by atomic mass is 9.98. The van der Waals surface area contributed by atoms with Crippen molar-refractivity contribution in [1.29, 1.82) is 0 Å². The number of carboxylic acids is 1. The van der Waals surface area contributed by atoms with Gasteiger partial charge in [0, 0.05) is 13.0 Å². The van der Waals surface area contributed by atoms with Crippen LogP contribution in [-0.4, -0.2) is 55.0 Å². The molecule has 1 aliphatic carbocycles. The molecule has 8 heteroatoms. The Hall–Kier alpha value is -3.39. The van der Waals surface area contributed by atoms with Crippen LogP contribution in [0.3, 0.4) is 0 Å². The van der Waals surface area contributed by atoms with Crippen LogP contribution in [0.15, 0.2) is 48.5 Å². The lowest BCUT2D eigenvalue weighted by Gasteiger charge is -2.23. The van der Waals surface area contributed by atoms with E-state index in [0.717, 1.165) is 22.3 Å². The molecule has 0 fully saturated rings. The van der Waals surface area contributed by atoms with E-state index >= 15 is 0 Å². The van der Waals surface area contributed by atoms with Crippen molar-refractivity contribution in [2.24, 2.45) is 0 Å². The molecule has 2 aromatic carbocycles. The van der Waals surface area contributed by atoms with Gasteiger partial charge in [-0.1, -0.05) is 55.5 Å². The number of aliphatic carboxylic acids is 1. The second kappa shape index (κ2) is 10.3. The molecule has 8 nitrogen and oxygen atoms in total. The predicted molar refractivity (Wildman–Crippen MR) is 118 cm³/mol. The number of fused-ring (bicyclic) bond motifs is 3. The molecule has 3 N–H and O–H groups in total. The van der Waals surface area contributed by atoms with Gasteiger partial charge in [0.1, 0.15) is 12.6 Å². The lowest BCUT2D eigenvalue weighted by molar-refractivity contribution is -0.145. The van der Waals surface area contributed by atoms with Crippen molar-refractivity contribution in [3.05, 3.63) is 59.7 Å². The number of ether oxygens (including phenoxy) is 2. The molecule has 0 aromatic heterocycles. The fourth-order valence-electron chi connectivity index (χ4n) is 3.91. The molecule has 0 radical (unpaired) electrons. The predicted octanol–water partition coefficient (Wildman–Crippen LogP) is 2.91. The molecule has 1 aliphatic rings. The van der Waals surface area contributed by atoms with Crippen LogP contribution in [0.1, 0.15) is 37.3 Å². The normalized spacial score (nSPS) is 15.1. The number of hydrogen-bond donors (Lipinski definition) is 3. The van der Waals surface area contributed by atoms with Crippen molar-refractivity contribution in [2.45, 2.75) is 44.4 Å². The van der Waals surface area contributed by atoms with E-state index in [0.29, 0.717) is 0 Å². The topological polar surface area (TPSA) is 114 Å². The van der Waals surface area contributed by atoms with Crippen LogP contribution in [0.2, 0.25) is 0 Å². The van der Waals surface area contributed by atoms with Gasteiger partial charge in [0.15, 0.2) is 6.04 Å². The molecule has 3 atom stereocenters. The summed E-state index contributed by atoms with van der Waals surface area (Å²) in [7, 11) is 1.36. The van der Waals surface area contributed by atoms with E-state index in [1.807, 2.05) is 48.5 Å². The van der Waals surface area contributed by atoms with Crippen LogP contribution in [0.4, 0.5) is 4.79 Å². The SMILES string of the molecule is CC[C@H](NC(=O)OCC1c2ccccc2-c2ccccc21)C(=O)N[C@H](C(=O)O)[C@@H](C)OC. The number of carbonyl (C=O) groups is 3. The van der Waals surface area contributed by atoms with E-state index in [4.69, 9.17) is 9.47 Å². The summed E-state index contributed by atoms with van der Waals surface area (Å²) in [5, 5.41) is 14.3. The van der Waals surface area contributed by atoms with E-state index < -0.39 is 36.2 Å². The third-order valence-corrected chi connectivity index (χ3v) is 5.77. The number of carbonyl (C=O) groups excluding carboxylic acids is 2. The number of benzene rings is 2. The third kappa shape index (κ3) is 4.91. The molecule has 3 rings (SSSR count). The monoisotopic (exact) mass is 440 g/mol. The minimum atomic E-state index is -1.23. The zero-order valence-electron chi connectivity index (χ0n) is 18.3. The first kappa shape index (κ1) is 23.3. The van der Waals surface area contributed by atoms with Crippen LogP contribution in [-0.2, 0) is 19.1 Å². The first-order valence-corrected chi connectivity index (χ1v) is 10.5. The van der Waals surface area contributed by atoms with Crippen molar-refractivity contribution in [2.75, 3.05) is 13.7 Å². The zero-order chi connectivity index (χ0) is 23.3. The Labute approximate surface area is 186 Å². The van der Waals surface area contributed by atoms with Crippen LogP contribution >= 0.6 is 0 Å². The molecular formula is C24H28N2O6. The van der Waals surface area contributed by atoms with E-state index in [1.165, 1.54) is 7.11 Å². The molecule has 0 unspecified atom stereocenters. The van der Waals surface area contributed by atoms with Crippen molar-refractivity contribution >= 4 is 18.0 Å². The largest absolute Gasteiger partial charge is 0.480 e. The number of rotatable bonds is 9. The molecule has 170 valence electrons. The number of amides is 2. The number of nitrogens with one attached hydrogen (secondary N) is 2. The highest BCUT2D eigenvalue weighted by atomic mass is 16.5. The van der Waals surface area contributed by atoms with E-state index in [2.05, 4.69) is 10.6 Å². The minimum absolute atomic E-state index is 0.0963. The molecule has 32 heavy (non-hydrogen) atoms. The standard InChI is InChI=1S/C24H28N2O6/c1-4-20(22(27)26-21(23(28)29)14(2)31-3)25-24(30)32-13-19-17-11-7-5-9-15(17)16-10-6-8-12-18(16)19/h5-12,14,19-21H,4,13H2,1-3H3,(H,25,30)(H,26,27)(H,28,29)/t14-,20+,21+/m1/s1. The lowest BCUT2D eigenvalue weighted by Crippen LogP contribution is -2.55. The average Bonchev–Trinajstić information content (AvgIpc) is 3.12. The summed E-state index contributed by atoms with van der Waals surface area (Å²) < 4.78 is 10.5. The maximum Gasteiger partial charge on any atom is 0.407 e. The van der Waals surface area contributed by atoms with Crippen LogP contribution in [0, 0.1) is 0 Å². The summed E-state index contributed by atoms with van der Waals surface area (Å²) in [4.78, 5) is 36.4. The zero-order valence-corrected chi connectivity index (χ0v) is 18.3. The summed E-state index contributed by atoms with van der Waals surface area (Å²) in [5.41, 5.74) is 4.41. The summed E-state index contributed by atoms with van der Waals surface area (Å²) in [5.74, 6) is -1.93. The maximum absolute atomic E-state index is 12.5. The molecule has 2 amide bonds. The molecule has 0 saturated carbocycles. The second-order valence-corrected chi connectivity index (χ2v) is 7.70. The summed E-state index contributed by atoms with van der Waals surface area (Å²) in [6.07, 6.45) is -1.20. The van der Waals surface area contributed by atoms with Gasteiger partial charge in [0.25, 0.3) is 0 Å². The highest BCUT2D eigenvalue weighted by Gasteiger charge is 2.31. The average molecular weight is 440 g/mol. The Kier molecular flexibility index (Phi) is 7.48. The molecular weight excluding hydrogens is 412 g/mol. The van der Waals surface area contributed by atoms with Crippen molar-refractivity contribution < 1.29 is 29.0 Å². The van der Waals surface area contributed by atoms with Gasteiger partial charge < -0.3 is 25.2 Å². The summed E-state index contributed by atoms with van der Waals surface area (Å²) in [6.45, 7) is 3.37. The Balaban J connectivity index is 1.63. The van der Waals surface area contributed by atoms with Crippen LogP contribution in [0.25, 0.3) is 11.1 Å². The second-order valence-electron chi connectivity index (χ2n) is 7.70. The van der Waals surface area contributed by atoms with Gasteiger partial charge in [-0.2, -0.15) is 0 Å². The van der Waals surface area contributed by atoms with Crippen molar-refractivity contribution in [3.63, 3.8) is 0 Å². The van der Waals surface area contributed by atoms with Crippen LogP contribution < -0.4 is 10.6 Å². The van der Waals surface area contributed by atoms with Crippen LogP contribution in [0.5, 0.6) is 0 Å². The molecule has 0 heterocycles. The van der Waals surface area contributed by atoms with Gasteiger partial charge in [-0.3, -0.25) is 4.79 Å². The highest BCUT2D eigenvalue weighted by molar-refractivity contribution is 5.89. The van der Waals surface area contributed by atoms with Gasteiger partial charge >= 0.3 is 12.1 Å². The van der Waals surface area contributed by atoms with Crippen molar-refractivity contribution in [3.8, 4) is 11.1 Å². The Morgan fingerprint density at radius 2 is 1.56 bits per heavy atom. The van der Waals surface area contributed by atoms with Gasteiger partial charge in [-0.05, 0) is 35.6 Å². The van der Waals surface area contributed by atoms with E-state index in [1.54, 1.807) is 13.8 Å². The minimum Gasteiger partial charge on any atom is -0.480 e. The third-order valence-electron chi connectivity index (χ3n) is 5.77. The van der Waals surface area contributed by atoms with Gasteiger partial charge in [0.05, 0.1) is 6.10 Å². The molecule has 0 spiro atoms. The van der Waals surface area contributed by atoms with Gasteiger partial charge in [-0.15, -0.1) is 0 Å². The number of hydrogen-bond acceptors (Lipinski definition) is 5. The Morgan fingerprint density at radius 3 is 2.06 bits per heavy atom. The fourth-order valence-corrected chi connectivity index (χ4v) is 3.91. The smallest absolute Gasteiger partial charge is 0.407 e. The van der Waals surface area contributed by atoms with Gasteiger partial charge in [-0.25, -0.2) is 9.59 Å². The Morgan fingerprint density at radius 1 is 1.00 bits per heavy atom. The summed E-state index contributed by atoms with van der Waals surface area (Å²) in [6, 6.07) is 13.8. The quantitative estimate of drug-likeness (QED) is 0.553. The van der Waals surface area contributed by atoms with Crippen molar-refractivity contribution in [1.82, 2.24) is 10.6 Å². The first-order chi connectivity index (χ1) is 15.4. The number of alkyl carbamates (subject to hydrolysis) is 1. The van der Waals surface area contributed by atoms with Gasteiger partial charge in [0.2, 0.25) is 5.91 Å². The fraction of sp³-hybridized carbons (Fsp3) is 0.375. The summed E-state index contributed by atoms with van der Waals surface area (Å²) >= 11 is 0. The Bertz CT molecular complexity index is 946. The molecule has 2 aromatic rings. The maximum atomic E-state index is 12.5. The number of methoxy groups -OCH3 is 1. The number of carboxylic acid groups (broad SMARTS) is 1. The molecule has 0 aliphatic heterocycles. The first-order valence-electron chi connectivity index (χ1n) is 10.5. The van der Waals surface area contributed by atoms with E-state index in [9.17, 15) is 19.5 Å². The van der Waals surface area contributed by atoms with E-state index in [-0.39, 0.29) is 18.9 Å².